The van der Waals surface area contributed by atoms with E-state index in [9.17, 15) is 4.79 Å². The van der Waals surface area contributed by atoms with E-state index in [2.05, 4.69) is 33.3 Å². The van der Waals surface area contributed by atoms with Crippen molar-refractivity contribution in [3.05, 3.63) is 30.6 Å². The lowest BCUT2D eigenvalue weighted by atomic mass is 9.91. The molecule has 0 unspecified atom stereocenters. The molecule has 0 radical (unpaired) electrons. The number of aromatic nitrogens is 3. The van der Waals surface area contributed by atoms with Gasteiger partial charge in [0.05, 0.1) is 12.8 Å². The lowest BCUT2D eigenvalue weighted by Crippen LogP contribution is -2.48. The van der Waals surface area contributed by atoms with Crippen LogP contribution in [0.4, 0.5) is 22.1 Å². The molecule has 34 heavy (non-hydrogen) atoms. The number of carbonyl (C=O) groups excluding carboxylic acids is 1. The van der Waals surface area contributed by atoms with E-state index in [4.69, 9.17) is 20.9 Å². The van der Waals surface area contributed by atoms with Gasteiger partial charge in [-0.3, -0.25) is 5.32 Å². The lowest BCUT2D eigenvalue weighted by molar-refractivity contribution is 0.0635. The summed E-state index contributed by atoms with van der Waals surface area (Å²) >= 11 is 0. The molecule has 1 amide bonds. The second-order valence-corrected chi connectivity index (χ2v) is 10.0. The highest BCUT2D eigenvalue weighted by Crippen LogP contribution is 2.38. The number of rotatable bonds is 4. The monoisotopic (exact) mass is 467 g/mol. The van der Waals surface area contributed by atoms with E-state index in [-0.39, 0.29) is 5.54 Å². The third-order valence-electron chi connectivity index (χ3n) is 5.94. The first kappa shape index (κ1) is 23.6. The molecule has 182 valence electrons. The minimum absolute atomic E-state index is 0.162. The minimum atomic E-state index is -0.605. The number of amides is 1. The molecule has 4 rings (SSSR count). The van der Waals surface area contributed by atoms with Gasteiger partial charge in [0.1, 0.15) is 29.0 Å². The first-order valence-electron chi connectivity index (χ1n) is 11.3. The zero-order valence-corrected chi connectivity index (χ0v) is 20.4. The van der Waals surface area contributed by atoms with Crippen LogP contribution in [0.3, 0.4) is 0 Å². The van der Waals surface area contributed by atoms with E-state index in [0.29, 0.717) is 22.8 Å². The van der Waals surface area contributed by atoms with Gasteiger partial charge in [0.25, 0.3) is 0 Å². The topological polar surface area (TPSA) is 133 Å². The minimum Gasteiger partial charge on any atom is -0.495 e. The van der Waals surface area contributed by atoms with Crippen LogP contribution in [-0.2, 0) is 4.74 Å². The number of carbonyl (C=O) groups is 1. The van der Waals surface area contributed by atoms with Crippen molar-refractivity contribution in [2.45, 2.75) is 51.7 Å². The van der Waals surface area contributed by atoms with E-state index < -0.39 is 11.7 Å². The van der Waals surface area contributed by atoms with Gasteiger partial charge in [-0.15, -0.1) is 0 Å². The Kier molecular flexibility index (Phi) is 6.03. The standard InChI is InChI=1S/C24H33N7O3/c1-23(2,3)34-22(32)29-17-7-6-15(12-18(17)33-5)16-13-19(30-10-8-24(4,26)9-11-30)31-20(16)21(25)27-14-28-31/h6-7,12-14H,8-11,26H2,1-5H3,(H,29,32)(H2,25,27,28). The maximum atomic E-state index is 12.3. The summed E-state index contributed by atoms with van der Waals surface area (Å²) in [5, 5.41) is 7.23. The van der Waals surface area contributed by atoms with Crippen molar-refractivity contribution in [1.29, 1.82) is 0 Å². The molecule has 2 aromatic heterocycles. The Morgan fingerprint density at radius 1 is 1.21 bits per heavy atom. The summed E-state index contributed by atoms with van der Waals surface area (Å²) in [6.07, 6.45) is 2.68. The summed E-state index contributed by atoms with van der Waals surface area (Å²) in [7, 11) is 1.55. The number of methoxy groups -OCH3 is 1. The molecular weight excluding hydrogens is 434 g/mol. The molecule has 1 saturated heterocycles. The fraction of sp³-hybridized carbons (Fsp3) is 0.458. The van der Waals surface area contributed by atoms with Crippen molar-refractivity contribution in [1.82, 2.24) is 14.6 Å². The Balaban J connectivity index is 1.72. The number of fused-ring (bicyclic) bond motifs is 1. The summed E-state index contributed by atoms with van der Waals surface area (Å²) in [4.78, 5) is 18.7. The zero-order chi connectivity index (χ0) is 24.7. The number of nitrogens with zero attached hydrogens (tertiary/aromatic N) is 4. The molecule has 10 heteroatoms. The van der Waals surface area contributed by atoms with Gasteiger partial charge >= 0.3 is 6.09 Å². The predicted octanol–water partition coefficient (Wildman–Crippen LogP) is 3.65. The average molecular weight is 468 g/mol. The number of piperidine rings is 1. The fourth-order valence-corrected chi connectivity index (χ4v) is 4.12. The number of ether oxygens (including phenoxy) is 2. The van der Waals surface area contributed by atoms with E-state index >= 15 is 0 Å². The van der Waals surface area contributed by atoms with Crippen LogP contribution in [0, 0.1) is 0 Å². The molecule has 0 aliphatic carbocycles. The molecule has 0 atom stereocenters. The second-order valence-electron chi connectivity index (χ2n) is 10.0. The van der Waals surface area contributed by atoms with Crippen molar-refractivity contribution >= 4 is 28.9 Å². The van der Waals surface area contributed by atoms with Crippen molar-refractivity contribution < 1.29 is 14.3 Å². The maximum absolute atomic E-state index is 12.3. The first-order valence-corrected chi connectivity index (χ1v) is 11.3. The largest absolute Gasteiger partial charge is 0.495 e. The molecule has 3 aromatic rings. The zero-order valence-electron chi connectivity index (χ0n) is 20.4. The van der Waals surface area contributed by atoms with Crippen molar-refractivity contribution in [2.24, 2.45) is 5.73 Å². The van der Waals surface area contributed by atoms with E-state index in [1.54, 1.807) is 13.2 Å². The van der Waals surface area contributed by atoms with Gasteiger partial charge in [-0.25, -0.2) is 14.3 Å². The van der Waals surface area contributed by atoms with Crippen LogP contribution >= 0.6 is 0 Å². The third-order valence-corrected chi connectivity index (χ3v) is 5.94. The number of anilines is 3. The highest BCUT2D eigenvalue weighted by atomic mass is 16.6. The molecule has 0 bridgehead atoms. The SMILES string of the molecule is COc1cc(-c2cc(N3CCC(C)(N)CC3)n3ncnc(N)c23)ccc1NC(=O)OC(C)(C)C. The summed E-state index contributed by atoms with van der Waals surface area (Å²) in [6, 6.07) is 7.59. The summed E-state index contributed by atoms with van der Waals surface area (Å²) in [6.45, 7) is 9.17. The molecule has 1 aliphatic rings. The fourth-order valence-electron chi connectivity index (χ4n) is 4.12. The number of benzene rings is 1. The molecule has 0 saturated carbocycles. The Morgan fingerprint density at radius 2 is 1.91 bits per heavy atom. The van der Waals surface area contributed by atoms with Crippen molar-refractivity contribution in [3.8, 4) is 16.9 Å². The highest BCUT2D eigenvalue weighted by molar-refractivity contribution is 5.93. The summed E-state index contributed by atoms with van der Waals surface area (Å²) in [5.74, 6) is 1.81. The second kappa shape index (κ2) is 8.68. The van der Waals surface area contributed by atoms with Crippen LogP contribution in [0.1, 0.15) is 40.5 Å². The van der Waals surface area contributed by atoms with Gasteiger partial charge < -0.3 is 25.8 Å². The molecule has 5 N–H and O–H groups in total. The molecular formula is C24H33N7O3. The Morgan fingerprint density at radius 3 is 2.56 bits per heavy atom. The van der Waals surface area contributed by atoms with Crippen LogP contribution in [0.5, 0.6) is 5.75 Å². The molecule has 1 aliphatic heterocycles. The predicted molar refractivity (Wildman–Crippen MR) is 133 cm³/mol. The van der Waals surface area contributed by atoms with E-state index in [0.717, 1.165) is 42.9 Å². The van der Waals surface area contributed by atoms with Crippen molar-refractivity contribution in [3.63, 3.8) is 0 Å². The number of nitrogens with one attached hydrogen (secondary N) is 1. The molecule has 0 spiro atoms. The lowest BCUT2D eigenvalue weighted by Gasteiger charge is -2.37. The van der Waals surface area contributed by atoms with Crippen LogP contribution in [0.2, 0.25) is 0 Å². The van der Waals surface area contributed by atoms with Crippen LogP contribution in [-0.4, -0.2) is 52.0 Å². The summed E-state index contributed by atoms with van der Waals surface area (Å²) < 4.78 is 12.8. The van der Waals surface area contributed by atoms with Gasteiger partial charge in [-0.05, 0) is 64.3 Å². The summed E-state index contributed by atoms with van der Waals surface area (Å²) in [5.41, 5.74) is 14.8. The average Bonchev–Trinajstić information content (AvgIpc) is 3.13. The number of nitrogen functional groups attached to an aromatic ring is 1. The van der Waals surface area contributed by atoms with E-state index in [1.165, 1.54) is 6.33 Å². The quantitative estimate of drug-likeness (QED) is 0.529. The van der Waals surface area contributed by atoms with Crippen LogP contribution < -0.4 is 26.4 Å². The van der Waals surface area contributed by atoms with Gasteiger partial charge in [0, 0.05) is 24.2 Å². The smallest absolute Gasteiger partial charge is 0.412 e. The van der Waals surface area contributed by atoms with Crippen molar-refractivity contribution in [2.75, 3.05) is 36.1 Å². The molecule has 3 heterocycles. The maximum Gasteiger partial charge on any atom is 0.412 e. The number of hydrogen-bond acceptors (Lipinski definition) is 8. The third kappa shape index (κ3) is 4.86. The van der Waals surface area contributed by atoms with Gasteiger partial charge in [-0.1, -0.05) is 6.07 Å². The first-order chi connectivity index (χ1) is 16.0. The molecule has 10 nitrogen and oxygen atoms in total. The Bertz CT molecular complexity index is 1200. The van der Waals surface area contributed by atoms with Crippen LogP contribution in [0.25, 0.3) is 16.6 Å². The molecule has 1 fully saturated rings. The van der Waals surface area contributed by atoms with Gasteiger partial charge in [0.15, 0.2) is 5.82 Å². The van der Waals surface area contributed by atoms with Crippen LogP contribution in [0.15, 0.2) is 30.6 Å². The Labute approximate surface area is 199 Å². The van der Waals surface area contributed by atoms with Gasteiger partial charge in [0.2, 0.25) is 0 Å². The normalized spacial score (nSPS) is 15.9. The number of hydrogen-bond donors (Lipinski definition) is 3. The number of nitrogens with two attached hydrogens (primary N) is 2. The highest BCUT2D eigenvalue weighted by Gasteiger charge is 2.29. The molecule has 1 aromatic carbocycles. The van der Waals surface area contributed by atoms with Gasteiger partial charge in [-0.2, -0.15) is 5.10 Å². The Hall–Kier alpha value is -3.53. The van der Waals surface area contributed by atoms with E-state index in [1.807, 2.05) is 37.4 Å².